The second-order valence-electron chi connectivity index (χ2n) is 6.02. The summed E-state index contributed by atoms with van der Waals surface area (Å²) in [6.45, 7) is 3.01. The van der Waals surface area contributed by atoms with Crippen molar-refractivity contribution in [3.05, 3.63) is 53.5 Å². The van der Waals surface area contributed by atoms with Gasteiger partial charge in [-0.3, -0.25) is 4.79 Å². The molecule has 1 aromatic heterocycles. The number of carbonyl (C=O) groups is 1. The number of aliphatic hydroxyl groups is 1. The average molecular weight is 314 g/mol. The van der Waals surface area contributed by atoms with Gasteiger partial charge in [0.05, 0.1) is 25.0 Å². The summed E-state index contributed by atoms with van der Waals surface area (Å²) in [5.74, 6) is 0.547. The van der Waals surface area contributed by atoms with E-state index in [9.17, 15) is 4.79 Å². The predicted octanol–water partition coefficient (Wildman–Crippen LogP) is 2.30. The summed E-state index contributed by atoms with van der Waals surface area (Å²) in [6, 6.07) is 10.4. The van der Waals surface area contributed by atoms with Crippen molar-refractivity contribution in [1.29, 1.82) is 0 Å². The normalized spacial score (nSPS) is 16.5. The molecule has 1 aliphatic heterocycles. The van der Waals surface area contributed by atoms with E-state index in [1.54, 1.807) is 19.4 Å². The third kappa shape index (κ3) is 2.97. The molecule has 0 spiro atoms. The van der Waals surface area contributed by atoms with Crippen molar-refractivity contribution >= 4 is 11.6 Å². The highest BCUT2D eigenvalue weighted by Crippen LogP contribution is 2.33. The van der Waals surface area contributed by atoms with Crippen LogP contribution in [0.4, 0.5) is 5.69 Å². The van der Waals surface area contributed by atoms with Crippen LogP contribution < -0.4 is 4.90 Å². The van der Waals surface area contributed by atoms with E-state index in [0.29, 0.717) is 30.5 Å². The maximum absolute atomic E-state index is 12.5. The number of furan rings is 1. The highest BCUT2D eigenvalue weighted by atomic mass is 16.3. The van der Waals surface area contributed by atoms with Crippen LogP contribution in [0, 0.1) is 0 Å². The Hall–Kier alpha value is -2.27. The third-order valence-corrected chi connectivity index (χ3v) is 4.42. The molecule has 2 aromatic rings. The lowest BCUT2D eigenvalue weighted by Gasteiger charge is -2.24. The Balaban J connectivity index is 1.82. The summed E-state index contributed by atoms with van der Waals surface area (Å²) < 4.78 is 5.59. The topological polar surface area (TPSA) is 56.9 Å². The molecule has 0 saturated carbocycles. The van der Waals surface area contributed by atoms with E-state index in [2.05, 4.69) is 30.0 Å². The van der Waals surface area contributed by atoms with E-state index in [1.165, 1.54) is 16.2 Å². The van der Waals surface area contributed by atoms with Crippen LogP contribution >= 0.6 is 0 Å². The molecule has 5 heteroatoms. The lowest BCUT2D eigenvalue weighted by atomic mass is 10.1. The molecule has 0 bridgehead atoms. The highest BCUT2D eigenvalue weighted by Gasteiger charge is 2.28. The maximum Gasteiger partial charge on any atom is 0.257 e. The second kappa shape index (κ2) is 6.46. The zero-order chi connectivity index (χ0) is 16.4. The van der Waals surface area contributed by atoms with Crippen LogP contribution in [0.15, 0.2) is 41.0 Å². The molecule has 23 heavy (non-hydrogen) atoms. The number of rotatable bonds is 5. The number of benzene rings is 1. The Morgan fingerprint density at radius 3 is 2.96 bits per heavy atom. The van der Waals surface area contributed by atoms with Crippen molar-refractivity contribution in [2.24, 2.45) is 0 Å². The summed E-state index contributed by atoms with van der Waals surface area (Å²) in [4.78, 5) is 16.2. The fraction of sp³-hybridized carbons (Fsp3) is 0.389. The number of aliphatic hydroxyl groups excluding tert-OH is 1. The monoisotopic (exact) mass is 314 g/mol. The molecule has 1 aromatic carbocycles. The number of likely N-dealkylation sites (N-methyl/N-ethyl adjacent to an activating group) is 1. The Labute approximate surface area is 136 Å². The van der Waals surface area contributed by atoms with Crippen LogP contribution in [0.25, 0.3) is 0 Å². The largest absolute Gasteiger partial charge is 0.467 e. The Morgan fingerprint density at radius 2 is 2.17 bits per heavy atom. The van der Waals surface area contributed by atoms with Gasteiger partial charge in [-0.25, -0.2) is 0 Å². The van der Waals surface area contributed by atoms with E-state index in [4.69, 9.17) is 9.52 Å². The molecule has 0 aliphatic carbocycles. The number of hydrogen-bond donors (Lipinski definition) is 1. The van der Waals surface area contributed by atoms with Gasteiger partial charge in [-0.1, -0.05) is 18.2 Å². The van der Waals surface area contributed by atoms with E-state index >= 15 is 0 Å². The van der Waals surface area contributed by atoms with Gasteiger partial charge in [-0.05, 0) is 31.0 Å². The number of carbonyl (C=O) groups excluding carboxylic acids is 1. The van der Waals surface area contributed by atoms with Gasteiger partial charge in [0.15, 0.2) is 0 Å². The minimum absolute atomic E-state index is 0.0496. The van der Waals surface area contributed by atoms with Gasteiger partial charge in [0.25, 0.3) is 5.91 Å². The van der Waals surface area contributed by atoms with Crippen LogP contribution in [0.3, 0.4) is 0 Å². The number of hydrogen-bond acceptors (Lipinski definition) is 4. The van der Waals surface area contributed by atoms with Gasteiger partial charge >= 0.3 is 0 Å². The smallest absolute Gasteiger partial charge is 0.257 e. The molecular formula is C18H22N2O3. The van der Waals surface area contributed by atoms with Crippen LogP contribution in [0.1, 0.15) is 28.6 Å². The molecule has 0 fully saturated rings. The zero-order valence-electron chi connectivity index (χ0n) is 13.5. The summed E-state index contributed by atoms with van der Waals surface area (Å²) in [5, 5.41) is 9.00. The molecule has 122 valence electrons. The van der Waals surface area contributed by atoms with Crippen molar-refractivity contribution in [2.75, 3.05) is 25.1 Å². The van der Waals surface area contributed by atoms with E-state index in [1.807, 2.05) is 6.07 Å². The number of para-hydroxylation sites is 1. The minimum atomic E-state index is -0.122. The standard InChI is InChI=1S/C18H22N2O3/c1-13-11-14-5-3-4-6-16(14)20(13)12-17-15(7-10-23-17)18(22)19(2)8-9-21/h3-7,10,13,21H,8-9,11-12H2,1-2H3. The Bertz CT molecular complexity index is 695. The summed E-state index contributed by atoms with van der Waals surface area (Å²) in [6.07, 6.45) is 2.56. The summed E-state index contributed by atoms with van der Waals surface area (Å²) in [5.41, 5.74) is 3.10. The van der Waals surface area contributed by atoms with Crippen molar-refractivity contribution < 1.29 is 14.3 Å². The highest BCUT2D eigenvalue weighted by molar-refractivity contribution is 5.95. The fourth-order valence-corrected chi connectivity index (χ4v) is 3.14. The van der Waals surface area contributed by atoms with Crippen molar-refractivity contribution in [1.82, 2.24) is 4.90 Å². The molecule has 1 atom stereocenters. The van der Waals surface area contributed by atoms with Crippen LogP contribution in [-0.4, -0.2) is 42.2 Å². The van der Waals surface area contributed by atoms with Crippen LogP contribution in [0.5, 0.6) is 0 Å². The van der Waals surface area contributed by atoms with Gasteiger partial charge < -0.3 is 19.3 Å². The van der Waals surface area contributed by atoms with Gasteiger partial charge in [-0.15, -0.1) is 0 Å². The summed E-state index contributed by atoms with van der Waals surface area (Å²) in [7, 11) is 1.68. The fourth-order valence-electron chi connectivity index (χ4n) is 3.14. The first-order valence-electron chi connectivity index (χ1n) is 7.89. The summed E-state index contributed by atoms with van der Waals surface area (Å²) >= 11 is 0. The lowest BCUT2D eigenvalue weighted by Crippen LogP contribution is -2.32. The first-order valence-corrected chi connectivity index (χ1v) is 7.89. The lowest BCUT2D eigenvalue weighted by molar-refractivity contribution is 0.0764. The molecule has 0 saturated heterocycles. The molecular weight excluding hydrogens is 292 g/mol. The predicted molar refractivity (Wildman–Crippen MR) is 88.5 cm³/mol. The first kappa shape index (κ1) is 15.6. The van der Waals surface area contributed by atoms with Crippen molar-refractivity contribution in [3.8, 4) is 0 Å². The third-order valence-electron chi connectivity index (χ3n) is 4.42. The van der Waals surface area contributed by atoms with E-state index < -0.39 is 0 Å². The molecule has 1 aliphatic rings. The zero-order valence-corrected chi connectivity index (χ0v) is 13.5. The number of fused-ring (bicyclic) bond motifs is 1. The number of amides is 1. The second-order valence-corrected chi connectivity index (χ2v) is 6.02. The van der Waals surface area contributed by atoms with Gasteiger partial charge in [-0.2, -0.15) is 0 Å². The van der Waals surface area contributed by atoms with E-state index in [-0.39, 0.29) is 12.5 Å². The molecule has 3 rings (SSSR count). The number of anilines is 1. The van der Waals surface area contributed by atoms with Crippen LogP contribution in [0.2, 0.25) is 0 Å². The molecule has 1 unspecified atom stereocenters. The van der Waals surface area contributed by atoms with E-state index in [0.717, 1.165) is 6.42 Å². The molecule has 1 amide bonds. The Morgan fingerprint density at radius 1 is 1.39 bits per heavy atom. The maximum atomic E-state index is 12.5. The molecule has 2 heterocycles. The van der Waals surface area contributed by atoms with Gasteiger partial charge in [0, 0.05) is 25.3 Å². The quantitative estimate of drug-likeness (QED) is 0.920. The van der Waals surface area contributed by atoms with Gasteiger partial charge in [0.2, 0.25) is 0 Å². The van der Waals surface area contributed by atoms with Crippen LogP contribution in [-0.2, 0) is 13.0 Å². The molecule has 5 nitrogen and oxygen atoms in total. The number of nitrogens with zero attached hydrogens (tertiary/aromatic N) is 2. The van der Waals surface area contributed by atoms with Crippen molar-refractivity contribution in [2.45, 2.75) is 25.9 Å². The SMILES string of the molecule is CC1Cc2ccccc2N1Cc1occc1C(=O)N(C)CCO. The average Bonchev–Trinajstić information content (AvgIpc) is 3.12. The first-order chi connectivity index (χ1) is 11.1. The van der Waals surface area contributed by atoms with Gasteiger partial charge in [0.1, 0.15) is 5.76 Å². The minimum Gasteiger partial charge on any atom is -0.467 e. The van der Waals surface area contributed by atoms with Crippen molar-refractivity contribution in [3.63, 3.8) is 0 Å². The molecule has 1 N–H and O–H groups in total. The molecule has 0 radical (unpaired) electrons. The Kier molecular flexibility index (Phi) is 4.39.